The molecule has 1 aromatic carbocycles. The number of carbonyl (C=O) groups excluding carboxylic acids is 1. The lowest BCUT2D eigenvalue weighted by Crippen LogP contribution is -2.48. The van der Waals surface area contributed by atoms with E-state index in [1.54, 1.807) is 7.11 Å². The van der Waals surface area contributed by atoms with E-state index in [1.807, 2.05) is 51.1 Å². The number of nitrogens with one attached hydrogen (secondary N) is 1. The van der Waals surface area contributed by atoms with Crippen molar-refractivity contribution in [2.75, 3.05) is 13.7 Å². The number of nitrogens with two attached hydrogens (primary N) is 1. The summed E-state index contributed by atoms with van der Waals surface area (Å²) in [6.07, 6.45) is 0. The predicted octanol–water partition coefficient (Wildman–Crippen LogP) is 3.20. The molecule has 0 radical (unpaired) electrons. The van der Waals surface area contributed by atoms with Crippen molar-refractivity contribution >= 4 is 17.2 Å². The molecule has 0 aliphatic rings. The molecular formula is C17H22N2O2S. The normalized spacial score (nSPS) is 11.3. The third-order valence-corrected chi connectivity index (χ3v) is 4.55. The summed E-state index contributed by atoms with van der Waals surface area (Å²) in [7, 11) is 1.65. The summed E-state index contributed by atoms with van der Waals surface area (Å²) >= 11 is 1.49. The third kappa shape index (κ3) is 3.67. The van der Waals surface area contributed by atoms with Gasteiger partial charge in [0.15, 0.2) is 0 Å². The zero-order chi connectivity index (χ0) is 16.3. The minimum Gasteiger partial charge on any atom is -0.497 e. The van der Waals surface area contributed by atoms with Crippen LogP contribution in [0.3, 0.4) is 0 Å². The first-order valence-corrected chi connectivity index (χ1v) is 7.95. The minimum atomic E-state index is -0.407. The molecule has 0 aliphatic heterocycles. The van der Waals surface area contributed by atoms with E-state index in [1.165, 1.54) is 11.3 Å². The molecule has 0 aliphatic carbocycles. The quantitative estimate of drug-likeness (QED) is 0.890. The molecule has 0 saturated carbocycles. The average Bonchev–Trinajstić information content (AvgIpc) is 2.89. The van der Waals surface area contributed by atoms with Crippen LogP contribution in [0.5, 0.6) is 5.75 Å². The van der Waals surface area contributed by atoms with Gasteiger partial charge in [-0.25, -0.2) is 0 Å². The first kappa shape index (κ1) is 16.5. The zero-order valence-corrected chi connectivity index (χ0v) is 14.2. The van der Waals surface area contributed by atoms with Gasteiger partial charge in [-0.2, -0.15) is 0 Å². The van der Waals surface area contributed by atoms with Gasteiger partial charge in [-0.3, -0.25) is 4.79 Å². The number of methoxy groups -OCH3 is 1. The second-order valence-electron chi connectivity index (χ2n) is 5.85. The molecule has 0 fully saturated rings. The summed E-state index contributed by atoms with van der Waals surface area (Å²) < 4.78 is 5.17. The largest absolute Gasteiger partial charge is 0.497 e. The van der Waals surface area contributed by atoms with Crippen molar-refractivity contribution < 1.29 is 9.53 Å². The van der Waals surface area contributed by atoms with Crippen molar-refractivity contribution in [2.45, 2.75) is 26.3 Å². The van der Waals surface area contributed by atoms with Crippen LogP contribution in [0.1, 0.15) is 28.4 Å². The van der Waals surface area contributed by atoms with Gasteiger partial charge in [0.25, 0.3) is 5.91 Å². The Morgan fingerprint density at radius 3 is 2.50 bits per heavy atom. The van der Waals surface area contributed by atoms with Gasteiger partial charge < -0.3 is 15.8 Å². The van der Waals surface area contributed by atoms with E-state index < -0.39 is 5.54 Å². The van der Waals surface area contributed by atoms with Gasteiger partial charge in [-0.05, 0) is 50.1 Å². The van der Waals surface area contributed by atoms with Crippen LogP contribution < -0.4 is 15.8 Å². The van der Waals surface area contributed by atoms with Crippen molar-refractivity contribution in [1.29, 1.82) is 0 Å². The monoisotopic (exact) mass is 318 g/mol. The van der Waals surface area contributed by atoms with Gasteiger partial charge in [0, 0.05) is 17.0 Å². The van der Waals surface area contributed by atoms with E-state index in [0.717, 1.165) is 21.8 Å². The van der Waals surface area contributed by atoms with Crippen molar-refractivity contribution in [3.8, 4) is 16.9 Å². The van der Waals surface area contributed by atoms with E-state index in [4.69, 9.17) is 10.5 Å². The van der Waals surface area contributed by atoms with Crippen molar-refractivity contribution in [3.63, 3.8) is 0 Å². The first-order valence-electron chi connectivity index (χ1n) is 7.14. The summed E-state index contributed by atoms with van der Waals surface area (Å²) in [4.78, 5) is 14.2. The molecule has 4 nitrogen and oxygen atoms in total. The maximum absolute atomic E-state index is 12.3. The number of benzene rings is 1. The molecule has 118 valence electrons. The molecule has 0 spiro atoms. The smallest absolute Gasteiger partial charge is 0.261 e. The van der Waals surface area contributed by atoms with Gasteiger partial charge in [-0.1, -0.05) is 12.1 Å². The standard InChI is InChI=1S/C17H22N2O2S/c1-11-14(12-5-7-13(21-4)8-6-12)9-15(22-11)16(20)19-17(2,3)10-18/h5-9H,10,18H2,1-4H3,(H,19,20). The summed E-state index contributed by atoms with van der Waals surface area (Å²) in [6, 6.07) is 9.77. The highest BCUT2D eigenvalue weighted by Crippen LogP contribution is 2.32. The number of aryl methyl sites for hydroxylation is 1. The number of rotatable bonds is 5. The molecule has 22 heavy (non-hydrogen) atoms. The minimum absolute atomic E-state index is 0.0803. The van der Waals surface area contributed by atoms with Crippen LogP contribution in [0.4, 0.5) is 0 Å². The van der Waals surface area contributed by atoms with E-state index in [9.17, 15) is 4.79 Å². The Kier molecular flexibility index (Phi) is 4.88. The van der Waals surface area contributed by atoms with Crippen LogP contribution in [0.25, 0.3) is 11.1 Å². The van der Waals surface area contributed by atoms with E-state index in [2.05, 4.69) is 5.32 Å². The van der Waals surface area contributed by atoms with Crippen LogP contribution in [0.15, 0.2) is 30.3 Å². The Bertz CT molecular complexity index is 660. The molecule has 0 unspecified atom stereocenters. The molecule has 0 atom stereocenters. The Labute approximate surface area is 135 Å². The fourth-order valence-corrected chi connectivity index (χ4v) is 3.01. The highest BCUT2D eigenvalue weighted by molar-refractivity contribution is 7.14. The number of ether oxygens (including phenoxy) is 1. The highest BCUT2D eigenvalue weighted by Gasteiger charge is 2.21. The van der Waals surface area contributed by atoms with Gasteiger partial charge >= 0.3 is 0 Å². The SMILES string of the molecule is COc1ccc(-c2cc(C(=O)NC(C)(C)CN)sc2C)cc1. The Hall–Kier alpha value is -1.85. The predicted molar refractivity (Wildman–Crippen MR) is 91.6 cm³/mol. The van der Waals surface area contributed by atoms with Gasteiger partial charge in [0.05, 0.1) is 12.0 Å². The Morgan fingerprint density at radius 2 is 1.95 bits per heavy atom. The summed E-state index contributed by atoms with van der Waals surface area (Å²) in [5.74, 6) is 0.739. The van der Waals surface area contributed by atoms with Crippen molar-refractivity contribution in [2.24, 2.45) is 5.73 Å². The first-order chi connectivity index (χ1) is 10.4. The van der Waals surface area contributed by atoms with Gasteiger partial charge in [0.2, 0.25) is 0 Å². The molecule has 3 N–H and O–H groups in total. The molecular weight excluding hydrogens is 296 g/mol. The lowest BCUT2D eigenvalue weighted by atomic mass is 10.1. The molecule has 2 aromatic rings. The average molecular weight is 318 g/mol. The van der Waals surface area contributed by atoms with E-state index in [0.29, 0.717) is 11.4 Å². The second-order valence-corrected chi connectivity index (χ2v) is 7.11. The van der Waals surface area contributed by atoms with E-state index >= 15 is 0 Å². The zero-order valence-electron chi connectivity index (χ0n) is 13.4. The second kappa shape index (κ2) is 6.50. The van der Waals surface area contributed by atoms with Gasteiger partial charge in [0.1, 0.15) is 5.75 Å². The van der Waals surface area contributed by atoms with Crippen LogP contribution in [-0.4, -0.2) is 25.1 Å². The van der Waals surface area contributed by atoms with Crippen molar-refractivity contribution in [3.05, 3.63) is 40.1 Å². The summed E-state index contributed by atoms with van der Waals surface area (Å²) in [6.45, 7) is 6.25. The lowest BCUT2D eigenvalue weighted by Gasteiger charge is -2.23. The maximum Gasteiger partial charge on any atom is 0.261 e. The number of hydrogen-bond acceptors (Lipinski definition) is 4. The molecule has 2 rings (SSSR count). The van der Waals surface area contributed by atoms with Crippen LogP contribution in [0, 0.1) is 6.92 Å². The van der Waals surface area contributed by atoms with Crippen molar-refractivity contribution in [1.82, 2.24) is 5.32 Å². The summed E-state index contributed by atoms with van der Waals surface area (Å²) in [5.41, 5.74) is 7.40. The topological polar surface area (TPSA) is 64.3 Å². The number of hydrogen-bond donors (Lipinski definition) is 2. The van der Waals surface area contributed by atoms with Gasteiger partial charge in [-0.15, -0.1) is 11.3 Å². The molecule has 1 amide bonds. The van der Waals surface area contributed by atoms with Crippen LogP contribution in [0.2, 0.25) is 0 Å². The highest BCUT2D eigenvalue weighted by atomic mass is 32.1. The summed E-state index contributed by atoms with van der Waals surface area (Å²) in [5, 5.41) is 2.96. The molecule has 0 saturated heterocycles. The van der Waals surface area contributed by atoms with E-state index in [-0.39, 0.29) is 5.91 Å². The van der Waals surface area contributed by atoms with Crippen LogP contribution in [-0.2, 0) is 0 Å². The number of thiophene rings is 1. The Balaban J connectivity index is 2.25. The fourth-order valence-electron chi connectivity index (χ4n) is 2.07. The third-order valence-electron chi connectivity index (χ3n) is 3.50. The lowest BCUT2D eigenvalue weighted by molar-refractivity contribution is 0.0920. The number of amides is 1. The molecule has 5 heteroatoms. The Morgan fingerprint density at radius 1 is 1.32 bits per heavy atom. The fraction of sp³-hybridized carbons (Fsp3) is 0.353. The molecule has 1 aromatic heterocycles. The number of carbonyl (C=O) groups is 1. The maximum atomic E-state index is 12.3. The molecule has 0 bridgehead atoms. The van der Waals surface area contributed by atoms with Crippen LogP contribution >= 0.6 is 11.3 Å². The molecule has 1 heterocycles.